The molecule has 5 heteroatoms. The Labute approximate surface area is 123 Å². The summed E-state index contributed by atoms with van der Waals surface area (Å²) in [6.07, 6.45) is 2.32. The third-order valence-corrected chi connectivity index (χ3v) is 4.26. The topological polar surface area (TPSA) is 62.9 Å². The first-order chi connectivity index (χ1) is 10.0. The highest BCUT2D eigenvalue weighted by molar-refractivity contribution is 5.91. The highest BCUT2D eigenvalue weighted by atomic mass is 16.5. The molecule has 1 heterocycles. The lowest BCUT2D eigenvalue weighted by Crippen LogP contribution is -2.37. The minimum Gasteiger partial charge on any atom is -0.475 e. The molecule has 1 fully saturated rings. The summed E-state index contributed by atoms with van der Waals surface area (Å²) in [5.41, 5.74) is 1.92. The number of aromatic carboxylic acids is 1. The molecule has 0 unspecified atom stereocenters. The van der Waals surface area contributed by atoms with Crippen molar-refractivity contribution in [1.29, 1.82) is 0 Å². The molecule has 1 N–H and O–H groups in total. The number of likely N-dealkylation sites (N-methyl/N-ethyl adjacent to an activating group) is 1. The number of rotatable bonds is 6. The van der Waals surface area contributed by atoms with Gasteiger partial charge in [-0.2, -0.15) is 0 Å². The van der Waals surface area contributed by atoms with E-state index in [2.05, 4.69) is 11.9 Å². The lowest BCUT2D eigenvalue weighted by Gasteiger charge is -2.27. The van der Waals surface area contributed by atoms with Crippen LogP contribution in [0.2, 0.25) is 0 Å². The molecule has 0 radical (unpaired) electrons. The molecule has 0 amide bonds. The smallest absolute Gasteiger partial charge is 0.371 e. The molecule has 0 aliphatic heterocycles. The van der Waals surface area contributed by atoms with Gasteiger partial charge in [-0.25, -0.2) is 4.79 Å². The molecule has 0 atom stereocenters. The summed E-state index contributed by atoms with van der Waals surface area (Å²) in [5, 5.41) is 9.79. The van der Waals surface area contributed by atoms with E-state index >= 15 is 0 Å². The van der Waals surface area contributed by atoms with Gasteiger partial charge in [0.05, 0.1) is 6.61 Å². The fourth-order valence-corrected chi connectivity index (χ4v) is 2.79. The molecule has 112 valence electrons. The zero-order chi connectivity index (χ0) is 15.0. The van der Waals surface area contributed by atoms with Crippen molar-refractivity contribution >= 4 is 16.9 Å². The van der Waals surface area contributed by atoms with Gasteiger partial charge in [-0.05, 0) is 43.7 Å². The van der Waals surface area contributed by atoms with Crippen molar-refractivity contribution in [3.05, 3.63) is 35.6 Å². The van der Waals surface area contributed by atoms with Crippen molar-refractivity contribution in [3.63, 3.8) is 0 Å². The molecule has 0 bridgehead atoms. The molecular formula is C16H19NO4. The van der Waals surface area contributed by atoms with Gasteiger partial charge in [0.2, 0.25) is 5.76 Å². The first-order valence-corrected chi connectivity index (χ1v) is 7.00. The normalized spacial score (nSPS) is 16.5. The molecule has 21 heavy (non-hydrogen) atoms. The maximum Gasteiger partial charge on any atom is 0.371 e. The van der Waals surface area contributed by atoms with Crippen LogP contribution in [0, 0.1) is 0 Å². The highest BCUT2D eigenvalue weighted by Crippen LogP contribution is 2.41. The van der Waals surface area contributed by atoms with Gasteiger partial charge in [-0.15, -0.1) is 0 Å². The van der Waals surface area contributed by atoms with Crippen LogP contribution < -0.4 is 0 Å². The van der Waals surface area contributed by atoms with E-state index in [-0.39, 0.29) is 11.3 Å². The first-order valence-electron chi connectivity index (χ1n) is 7.00. The van der Waals surface area contributed by atoms with Crippen LogP contribution in [0.25, 0.3) is 11.0 Å². The van der Waals surface area contributed by atoms with Crippen molar-refractivity contribution in [2.45, 2.75) is 24.9 Å². The van der Waals surface area contributed by atoms with Crippen molar-refractivity contribution < 1.29 is 19.1 Å². The second-order valence-electron chi connectivity index (χ2n) is 5.80. The van der Waals surface area contributed by atoms with Gasteiger partial charge in [-0.1, -0.05) is 6.07 Å². The summed E-state index contributed by atoms with van der Waals surface area (Å²) in [6, 6.07) is 7.38. The van der Waals surface area contributed by atoms with Crippen LogP contribution in [0.3, 0.4) is 0 Å². The Morgan fingerprint density at radius 2 is 2.19 bits per heavy atom. The molecule has 5 nitrogen and oxygen atoms in total. The highest BCUT2D eigenvalue weighted by Gasteiger charge is 2.46. The van der Waals surface area contributed by atoms with Crippen molar-refractivity contribution in [2.75, 3.05) is 20.8 Å². The predicted octanol–water partition coefficient (Wildman–Crippen LogP) is 2.74. The summed E-state index contributed by atoms with van der Waals surface area (Å²) in [7, 11) is 3.84. The molecule has 1 aliphatic carbocycles. The Kier molecular flexibility index (Phi) is 3.47. The van der Waals surface area contributed by atoms with Crippen LogP contribution in [0.5, 0.6) is 0 Å². The zero-order valence-corrected chi connectivity index (χ0v) is 12.3. The lowest BCUT2D eigenvalue weighted by atomic mass is 10.1. The molecule has 0 saturated heterocycles. The van der Waals surface area contributed by atoms with E-state index < -0.39 is 5.97 Å². The Morgan fingerprint density at radius 1 is 1.43 bits per heavy atom. The molecule has 3 rings (SSSR count). The number of hydrogen-bond donors (Lipinski definition) is 1. The Balaban J connectivity index is 1.79. The SMILES string of the molecule is COCC1(N(C)Cc2ccc3oc(C(=O)O)cc3c2)CC1. The number of fused-ring (bicyclic) bond motifs is 1. The second-order valence-corrected chi connectivity index (χ2v) is 5.80. The number of furan rings is 1. The van der Waals surface area contributed by atoms with E-state index in [1.807, 2.05) is 18.2 Å². The Morgan fingerprint density at radius 3 is 2.81 bits per heavy atom. The summed E-state index contributed by atoms with van der Waals surface area (Å²) in [6.45, 7) is 1.56. The van der Waals surface area contributed by atoms with E-state index in [1.165, 1.54) is 0 Å². The van der Waals surface area contributed by atoms with Gasteiger partial charge in [0.1, 0.15) is 5.58 Å². The van der Waals surface area contributed by atoms with Gasteiger partial charge >= 0.3 is 5.97 Å². The first kappa shape index (κ1) is 14.1. The summed E-state index contributed by atoms with van der Waals surface area (Å²) >= 11 is 0. The molecule has 1 aliphatic rings. The van der Waals surface area contributed by atoms with Gasteiger partial charge in [0.25, 0.3) is 0 Å². The third-order valence-electron chi connectivity index (χ3n) is 4.26. The fourth-order valence-electron chi connectivity index (χ4n) is 2.79. The molecular weight excluding hydrogens is 270 g/mol. The maximum atomic E-state index is 10.9. The summed E-state index contributed by atoms with van der Waals surface area (Å²) in [4.78, 5) is 13.2. The van der Waals surface area contributed by atoms with Crippen LogP contribution in [-0.2, 0) is 11.3 Å². The third kappa shape index (κ3) is 2.66. The van der Waals surface area contributed by atoms with E-state index in [1.54, 1.807) is 13.2 Å². The summed E-state index contributed by atoms with van der Waals surface area (Å²) < 4.78 is 10.6. The lowest BCUT2D eigenvalue weighted by molar-refractivity contribution is 0.0665. The summed E-state index contributed by atoms with van der Waals surface area (Å²) in [5.74, 6) is -1.06. The van der Waals surface area contributed by atoms with Crippen LogP contribution in [-0.4, -0.2) is 42.3 Å². The molecule has 1 aromatic heterocycles. The standard InChI is InChI=1S/C16H19NO4/c1-17(16(5-6-16)10-20-2)9-11-3-4-13-12(7-11)8-14(21-13)15(18)19/h3-4,7-8H,5-6,9-10H2,1-2H3,(H,18,19). The Bertz CT molecular complexity index is 672. The van der Waals surface area contributed by atoms with Gasteiger partial charge in [0, 0.05) is 24.6 Å². The van der Waals surface area contributed by atoms with Crippen molar-refractivity contribution in [3.8, 4) is 0 Å². The number of benzene rings is 1. The molecule has 1 aromatic carbocycles. The minimum atomic E-state index is -1.04. The average molecular weight is 289 g/mol. The maximum absolute atomic E-state index is 10.9. The zero-order valence-electron chi connectivity index (χ0n) is 12.3. The Hall–Kier alpha value is -1.85. The number of nitrogens with zero attached hydrogens (tertiary/aromatic N) is 1. The van der Waals surface area contributed by atoms with E-state index in [4.69, 9.17) is 14.3 Å². The van der Waals surface area contributed by atoms with Crippen molar-refractivity contribution in [1.82, 2.24) is 4.90 Å². The number of carboxylic acids is 1. The van der Waals surface area contributed by atoms with Crippen molar-refractivity contribution in [2.24, 2.45) is 0 Å². The minimum absolute atomic E-state index is 0.0199. The van der Waals surface area contributed by atoms with Gasteiger partial charge < -0.3 is 14.3 Å². The van der Waals surface area contributed by atoms with Gasteiger partial charge in [-0.3, -0.25) is 4.90 Å². The van der Waals surface area contributed by atoms with E-state index in [0.717, 1.165) is 36.9 Å². The molecule has 1 saturated carbocycles. The van der Waals surface area contributed by atoms with Gasteiger partial charge in [0.15, 0.2) is 0 Å². The van der Waals surface area contributed by atoms with Crippen LogP contribution in [0.15, 0.2) is 28.7 Å². The largest absolute Gasteiger partial charge is 0.475 e. The number of methoxy groups -OCH3 is 1. The van der Waals surface area contributed by atoms with Crippen LogP contribution in [0.4, 0.5) is 0 Å². The second kappa shape index (κ2) is 5.16. The fraction of sp³-hybridized carbons (Fsp3) is 0.438. The van der Waals surface area contributed by atoms with E-state index in [9.17, 15) is 4.79 Å². The average Bonchev–Trinajstić information content (AvgIpc) is 3.10. The van der Waals surface area contributed by atoms with Crippen LogP contribution in [0.1, 0.15) is 29.0 Å². The quantitative estimate of drug-likeness (QED) is 0.886. The molecule has 0 spiro atoms. The number of carboxylic acid groups (broad SMARTS) is 1. The number of ether oxygens (including phenoxy) is 1. The van der Waals surface area contributed by atoms with Crippen LogP contribution >= 0.6 is 0 Å². The monoisotopic (exact) mass is 289 g/mol. The van der Waals surface area contributed by atoms with E-state index in [0.29, 0.717) is 5.58 Å². The predicted molar refractivity (Wildman–Crippen MR) is 78.5 cm³/mol. The number of carbonyl (C=O) groups is 1. The number of hydrogen-bond acceptors (Lipinski definition) is 4. The molecule has 2 aromatic rings.